The number of amides is 2. The molecule has 0 atom stereocenters. The molecule has 12 heteroatoms. The number of ether oxygens (including phenoxy) is 2. The van der Waals surface area contributed by atoms with Gasteiger partial charge in [-0.05, 0) is 111 Å². The predicted molar refractivity (Wildman–Crippen MR) is 168 cm³/mol. The zero-order valence-electron chi connectivity index (χ0n) is 24.3. The second-order valence-corrected chi connectivity index (χ2v) is 12.4. The minimum Gasteiger partial charge on any atom is -0.494 e. The SMILES string of the molecule is CCOc1ccc(N(CC(=O)N/N=C\c2ccc(OCC(=O)N3CCCCC3)cc2)S(=O)(=O)c2ccc(SC)cc2)cc1. The number of rotatable bonds is 13. The van der Waals surface area contributed by atoms with Gasteiger partial charge in [0.2, 0.25) is 0 Å². The minimum atomic E-state index is -4.07. The number of piperidine rings is 1. The lowest BCUT2D eigenvalue weighted by Gasteiger charge is -2.26. The number of hydrogen-bond acceptors (Lipinski definition) is 8. The van der Waals surface area contributed by atoms with Gasteiger partial charge in [0.15, 0.2) is 6.61 Å². The number of anilines is 1. The fourth-order valence-corrected chi connectivity index (χ4v) is 6.27. The van der Waals surface area contributed by atoms with Crippen molar-refractivity contribution in [1.29, 1.82) is 0 Å². The van der Waals surface area contributed by atoms with Gasteiger partial charge >= 0.3 is 0 Å². The lowest BCUT2D eigenvalue weighted by atomic mass is 10.1. The van der Waals surface area contributed by atoms with Crippen LogP contribution in [0.2, 0.25) is 0 Å². The van der Waals surface area contributed by atoms with Crippen LogP contribution < -0.4 is 19.2 Å². The van der Waals surface area contributed by atoms with E-state index in [9.17, 15) is 18.0 Å². The molecule has 228 valence electrons. The van der Waals surface area contributed by atoms with Crippen LogP contribution in [0.5, 0.6) is 11.5 Å². The molecular formula is C31H36N4O6S2. The Morgan fingerprint density at radius 2 is 1.56 bits per heavy atom. The first-order valence-corrected chi connectivity index (χ1v) is 16.7. The molecule has 43 heavy (non-hydrogen) atoms. The molecule has 1 saturated heterocycles. The van der Waals surface area contributed by atoms with Gasteiger partial charge in [0.25, 0.3) is 21.8 Å². The maximum Gasteiger partial charge on any atom is 0.264 e. The molecule has 0 unspecified atom stereocenters. The van der Waals surface area contributed by atoms with E-state index in [1.807, 2.05) is 18.1 Å². The average molecular weight is 625 g/mol. The highest BCUT2D eigenvalue weighted by Gasteiger charge is 2.27. The molecule has 1 aliphatic heterocycles. The quantitative estimate of drug-likeness (QED) is 0.169. The highest BCUT2D eigenvalue weighted by molar-refractivity contribution is 7.98. The van der Waals surface area contributed by atoms with E-state index >= 15 is 0 Å². The Balaban J connectivity index is 1.39. The highest BCUT2D eigenvalue weighted by Crippen LogP contribution is 2.27. The first kappa shape index (κ1) is 31.9. The summed E-state index contributed by atoms with van der Waals surface area (Å²) in [5, 5.41) is 4.00. The van der Waals surface area contributed by atoms with Crippen LogP contribution in [-0.4, -0.2) is 70.5 Å². The van der Waals surface area contributed by atoms with Crippen molar-refractivity contribution in [1.82, 2.24) is 10.3 Å². The Bertz CT molecular complexity index is 1490. The Kier molecular flexibility index (Phi) is 11.5. The van der Waals surface area contributed by atoms with Crippen molar-refractivity contribution < 1.29 is 27.5 Å². The second-order valence-electron chi connectivity index (χ2n) is 9.71. The molecule has 0 saturated carbocycles. The number of benzene rings is 3. The van der Waals surface area contributed by atoms with Crippen molar-refractivity contribution in [2.45, 2.75) is 36.0 Å². The molecule has 4 rings (SSSR count). The van der Waals surface area contributed by atoms with Crippen molar-refractivity contribution in [2.24, 2.45) is 5.10 Å². The average Bonchev–Trinajstić information content (AvgIpc) is 3.04. The Morgan fingerprint density at radius 1 is 0.930 bits per heavy atom. The number of hydrazone groups is 1. The predicted octanol–water partition coefficient (Wildman–Crippen LogP) is 4.54. The van der Waals surface area contributed by atoms with Crippen molar-refractivity contribution in [3.05, 3.63) is 78.4 Å². The summed E-state index contributed by atoms with van der Waals surface area (Å²) in [6.07, 6.45) is 6.55. The molecule has 0 radical (unpaired) electrons. The summed E-state index contributed by atoms with van der Waals surface area (Å²) >= 11 is 1.50. The van der Waals surface area contributed by atoms with Crippen molar-refractivity contribution in [2.75, 3.05) is 43.4 Å². The summed E-state index contributed by atoms with van der Waals surface area (Å²) in [4.78, 5) is 28.0. The van der Waals surface area contributed by atoms with Gasteiger partial charge in [-0.2, -0.15) is 5.10 Å². The molecule has 2 amide bonds. The number of likely N-dealkylation sites (tertiary alicyclic amines) is 1. The van der Waals surface area contributed by atoms with Crippen molar-refractivity contribution in [3.8, 4) is 11.5 Å². The van der Waals surface area contributed by atoms with Crippen LogP contribution in [-0.2, 0) is 19.6 Å². The van der Waals surface area contributed by atoms with Crippen LogP contribution in [0.4, 0.5) is 5.69 Å². The number of carbonyl (C=O) groups excluding carboxylic acids is 2. The number of nitrogens with zero attached hydrogens (tertiary/aromatic N) is 3. The largest absolute Gasteiger partial charge is 0.494 e. The van der Waals surface area contributed by atoms with Crippen LogP contribution in [0.1, 0.15) is 31.7 Å². The zero-order valence-corrected chi connectivity index (χ0v) is 25.9. The molecule has 0 aliphatic carbocycles. The van der Waals surface area contributed by atoms with Crippen molar-refractivity contribution >= 4 is 45.5 Å². The molecule has 1 N–H and O–H groups in total. The van der Waals surface area contributed by atoms with E-state index in [0.717, 1.165) is 41.6 Å². The second kappa shape index (κ2) is 15.4. The van der Waals surface area contributed by atoms with Gasteiger partial charge in [0, 0.05) is 18.0 Å². The fourth-order valence-electron chi connectivity index (χ4n) is 4.44. The van der Waals surface area contributed by atoms with E-state index in [-0.39, 0.29) is 17.4 Å². The summed E-state index contributed by atoms with van der Waals surface area (Å²) < 4.78 is 39.4. The van der Waals surface area contributed by atoms with E-state index in [1.54, 1.807) is 60.7 Å². The first-order chi connectivity index (χ1) is 20.8. The third-order valence-corrected chi connectivity index (χ3v) is 9.26. The van der Waals surface area contributed by atoms with Crippen LogP contribution in [0.25, 0.3) is 0 Å². The Hall–Kier alpha value is -4.03. The summed E-state index contributed by atoms with van der Waals surface area (Å²) in [5.74, 6) is 0.497. The van der Waals surface area contributed by atoms with Gasteiger partial charge in [-0.3, -0.25) is 13.9 Å². The first-order valence-electron chi connectivity index (χ1n) is 14.0. The molecule has 1 fully saturated rings. The summed E-state index contributed by atoms with van der Waals surface area (Å²) in [7, 11) is -4.07. The van der Waals surface area contributed by atoms with E-state index in [1.165, 1.54) is 30.1 Å². The molecule has 0 bridgehead atoms. The van der Waals surface area contributed by atoms with Gasteiger partial charge < -0.3 is 14.4 Å². The van der Waals surface area contributed by atoms with Gasteiger partial charge in [-0.15, -0.1) is 11.8 Å². The van der Waals surface area contributed by atoms with E-state index in [2.05, 4.69) is 10.5 Å². The summed E-state index contributed by atoms with van der Waals surface area (Å²) in [6.45, 7) is 3.37. The van der Waals surface area contributed by atoms with Gasteiger partial charge in [0.1, 0.15) is 18.0 Å². The van der Waals surface area contributed by atoms with Crippen LogP contribution in [0.15, 0.2) is 87.7 Å². The van der Waals surface area contributed by atoms with Crippen LogP contribution >= 0.6 is 11.8 Å². The number of sulfonamides is 1. The topological polar surface area (TPSA) is 118 Å². The fraction of sp³-hybridized carbons (Fsp3) is 0.323. The third kappa shape index (κ3) is 8.98. The molecular weight excluding hydrogens is 588 g/mol. The van der Waals surface area contributed by atoms with Crippen molar-refractivity contribution in [3.63, 3.8) is 0 Å². The number of carbonyl (C=O) groups is 2. The van der Waals surface area contributed by atoms with Gasteiger partial charge in [-0.25, -0.2) is 13.8 Å². The van der Waals surface area contributed by atoms with Gasteiger partial charge in [0.05, 0.1) is 23.4 Å². The molecule has 3 aromatic rings. The molecule has 1 aliphatic rings. The number of thioether (sulfide) groups is 1. The molecule has 1 heterocycles. The van der Waals surface area contributed by atoms with Crippen LogP contribution in [0.3, 0.4) is 0 Å². The number of nitrogens with one attached hydrogen (secondary N) is 1. The summed E-state index contributed by atoms with van der Waals surface area (Å²) in [5.41, 5.74) is 3.40. The molecule has 3 aromatic carbocycles. The minimum absolute atomic E-state index is 0.0149. The monoisotopic (exact) mass is 624 g/mol. The normalized spacial score (nSPS) is 13.5. The summed E-state index contributed by atoms with van der Waals surface area (Å²) in [6, 6.07) is 19.9. The Labute approximate surface area is 257 Å². The van der Waals surface area contributed by atoms with Crippen LogP contribution in [0, 0.1) is 0 Å². The lowest BCUT2D eigenvalue weighted by Crippen LogP contribution is -2.39. The molecule has 10 nitrogen and oxygen atoms in total. The number of hydrogen-bond donors (Lipinski definition) is 1. The van der Waals surface area contributed by atoms with Gasteiger partial charge in [-0.1, -0.05) is 0 Å². The van der Waals surface area contributed by atoms with E-state index in [4.69, 9.17) is 9.47 Å². The molecule has 0 aromatic heterocycles. The zero-order chi connectivity index (χ0) is 30.7. The Morgan fingerprint density at radius 3 is 2.19 bits per heavy atom. The lowest BCUT2D eigenvalue weighted by molar-refractivity contribution is -0.134. The van der Waals surface area contributed by atoms with E-state index in [0.29, 0.717) is 29.4 Å². The molecule has 0 spiro atoms. The highest BCUT2D eigenvalue weighted by atomic mass is 32.2. The third-order valence-electron chi connectivity index (χ3n) is 6.72. The van der Waals surface area contributed by atoms with E-state index < -0.39 is 22.5 Å². The maximum absolute atomic E-state index is 13.6. The standard InChI is InChI=1S/C31H36N4O6S2/c1-3-40-26-13-9-25(10-14-26)35(43(38,39)29-17-15-28(42-2)16-18-29)22-30(36)33-32-21-24-7-11-27(12-8-24)41-23-31(37)34-19-5-4-6-20-34/h7-18,21H,3-6,19-20,22-23H2,1-2H3,(H,33,36)/b32-21-. The smallest absolute Gasteiger partial charge is 0.264 e. The maximum atomic E-state index is 13.6.